The number of esters is 1. The van der Waals surface area contributed by atoms with Gasteiger partial charge < -0.3 is 73.8 Å². The Bertz CT molecular complexity index is 1990. The molecule has 0 amide bonds. The van der Waals surface area contributed by atoms with Crippen molar-refractivity contribution in [1.29, 1.82) is 0 Å². The number of alkyl halides is 1. The first kappa shape index (κ1) is 62.4. The number of rotatable bonds is 17. The molecule has 0 aliphatic carbocycles. The van der Waals surface area contributed by atoms with Gasteiger partial charge in [0.25, 0.3) is 0 Å². The molecule has 1 unspecified atom stereocenters. The van der Waals surface area contributed by atoms with Gasteiger partial charge in [0.15, 0.2) is 12.6 Å². The second kappa shape index (κ2) is 26.5. The van der Waals surface area contributed by atoms with Gasteiger partial charge in [-0.3, -0.25) is 14.1 Å². The van der Waals surface area contributed by atoms with E-state index in [-0.39, 0.29) is 37.3 Å². The summed E-state index contributed by atoms with van der Waals surface area (Å²) in [7, 11) is 7.64. The van der Waals surface area contributed by atoms with Crippen LogP contribution in [0.15, 0.2) is 41.1 Å². The lowest BCUT2D eigenvalue weighted by atomic mass is 9.77. The van der Waals surface area contributed by atoms with E-state index >= 15 is 0 Å². The van der Waals surface area contributed by atoms with Gasteiger partial charge in [0.1, 0.15) is 42.7 Å². The number of hydrazine groups is 1. The van der Waals surface area contributed by atoms with Crippen molar-refractivity contribution in [3.8, 4) is 0 Å². The Balaban J connectivity index is 1.41. The summed E-state index contributed by atoms with van der Waals surface area (Å²) < 4.78 is 72.0. The fourth-order valence-corrected chi connectivity index (χ4v) is 12.6. The zero-order valence-electron chi connectivity index (χ0n) is 47.2. The summed E-state index contributed by atoms with van der Waals surface area (Å²) in [6.07, 6.45) is -4.48. The summed E-state index contributed by atoms with van der Waals surface area (Å²) >= 11 is 0. The van der Waals surface area contributed by atoms with Crippen LogP contribution in [0.25, 0.3) is 5.43 Å². The molecule has 74 heavy (non-hydrogen) atoms. The number of hydrogen-bond acceptors (Lipinski definition) is 17. The maximum atomic E-state index is 15.0. The molecule has 1 aromatic rings. The van der Waals surface area contributed by atoms with E-state index in [4.69, 9.17) is 38.6 Å². The van der Waals surface area contributed by atoms with Crippen LogP contribution in [-0.4, -0.2) is 202 Å². The van der Waals surface area contributed by atoms with Crippen LogP contribution in [0.1, 0.15) is 126 Å². The van der Waals surface area contributed by atoms with Crippen molar-refractivity contribution < 1.29 is 67.0 Å². The van der Waals surface area contributed by atoms with E-state index in [1.807, 2.05) is 71.9 Å². The van der Waals surface area contributed by atoms with Crippen LogP contribution in [0.5, 0.6) is 0 Å². The summed E-state index contributed by atoms with van der Waals surface area (Å²) in [5, 5.41) is 51.0. The number of methoxy groups -OCH3 is 2. The molecule has 4 N–H and O–H groups in total. The van der Waals surface area contributed by atoms with Crippen LogP contribution in [-0.2, 0) is 48.8 Å². The highest BCUT2D eigenvalue weighted by Gasteiger charge is 2.52. The van der Waals surface area contributed by atoms with Gasteiger partial charge in [-0.2, -0.15) is 0 Å². The van der Waals surface area contributed by atoms with Crippen molar-refractivity contribution in [1.82, 2.24) is 19.9 Å². The van der Waals surface area contributed by atoms with Gasteiger partial charge in [-0.25, -0.2) is 4.39 Å². The second-order valence-electron chi connectivity index (χ2n) is 22.5. The van der Waals surface area contributed by atoms with E-state index in [1.165, 1.54) is 14.0 Å². The molecule has 0 saturated carbocycles. The average molecular weight is 1070 g/mol. The zero-order valence-corrected chi connectivity index (χ0v) is 48.0. The largest absolute Gasteiger partial charge is 0.604 e. The summed E-state index contributed by atoms with van der Waals surface area (Å²) in [5.74, 6) is -2.07. The lowest BCUT2D eigenvalue weighted by molar-refractivity contribution is -0.308. The molecule has 1 aromatic carbocycles. The third kappa shape index (κ3) is 14.6. The Labute approximate surface area is 443 Å². The van der Waals surface area contributed by atoms with Crippen molar-refractivity contribution in [2.45, 2.75) is 216 Å². The van der Waals surface area contributed by atoms with Gasteiger partial charge in [-0.1, -0.05) is 39.8 Å². The number of carbonyl (C=O) groups is 1. The Kier molecular flexibility index (Phi) is 22.4. The number of halogens is 1. The van der Waals surface area contributed by atoms with Crippen molar-refractivity contribution >= 4 is 16.8 Å². The number of benzene rings is 1. The molecule has 4 heterocycles. The summed E-state index contributed by atoms with van der Waals surface area (Å²) in [4.78, 5) is 19.4. The predicted molar refractivity (Wildman–Crippen MR) is 280 cm³/mol. The molecular formula is C54H93FN5O13S-. The normalized spacial score (nSPS) is 39.9. The molecule has 18 nitrogen and oxygen atoms in total. The quantitative estimate of drug-likeness (QED) is 0.135. The van der Waals surface area contributed by atoms with Crippen LogP contribution in [0.3, 0.4) is 0 Å². The molecule has 4 aliphatic rings. The minimum absolute atomic E-state index is 0.0148. The van der Waals surface area contributed by atoms with Crippen molar-refractivity contribution in [3.05, 3.63) is 47.2 Å². The van der Waals surface area contributed by atoms with Crippen molar-refractivity contribution in [2.75, 3.05) is 60.9 Å². The smallest absolute Gasteiger partial charge is 0.311 e. The van der Waals surface area contributed by atoms with Crippen molar-refractivity contribution in [2.24, 2.45) is 17.8 Å². The first-order valence-electron chi connectivity index (χ1n) is 26.8. The minimum Gasteiger partial charge on any atom is -0.604 e. The van der Waals surface area contributed by atoms with Gasteiger partial charge in [0.2, 0.25) is 0 Å². The standard InChI is InChI=1S/C54H93FN5O13S/c1-17-43-54(11,65)48(61)36(7)58(13)30-32(3)27-52(9,64)50(34(5)46(35(6)51(63)71-43)72-45-28-53(10,68-16)49(62)37(8)70-45)73-44-26-40(25-33(4)69-44)57(12)24-23-39-31-60(59(14)56-39)42(29-55)47(67-15)38-19-21-41(22-20-38)74(66)18-2/h19-22,31-37,40,42-50,61-62,64-65H,17-18,23-30H2,1-16H3/q-1/t32-,33-,34+,35-,36-,37+,40+,42-,43-,44+,45+,46+,47-,48-,49+,50-,52-,53-,54-,74?/m1/s1. The molecule has 20 atom stereocenters. The first-order valence-corrected chi connectivity index (χ1v) is 28.1. The number of carbonyl (C=O) groups excluding carboxylic acids is 1. The molecule has 5 rings (SSSR count). The molecule has 3 fully saturated rings. The maximum Gasteiger partial charge on any atom is 0.311 e. The Hall–Kier alpha value is -2.41. The number of likely N-dealkylation sites (N-methyl/N-ethyl adjacent to an activating group) is 1. The molecule has 0 bridgehead atoms. The van der Waals surface area contributed by atoms with Gasteiger partial charge >= 0.3 is 5.97 Å². The number of nitrogens with zero attached hydrogens (tertiary/aromatic N) is 5. The van der Waals surface area contributed by atoms with E-state index in [1.54, 1.807) is 71.0 Å². The molecule has 426 valence electrons. The topological polar surface area (TPSA) is 207 Å². The summed E-state index contributed by atoms with van der Waals surface area (Å²) in [6.45, 7) is 20.1. The Morgan fingerprint density at radius 1 is 0.946 bits per heavy atom. The first-order chi connectivity index (χ1) is 34.7. The van der Waals surface area contributed by atoms with Crippen LogP contribution < -0.4 is 0 Å². The lowest BCUT2D eigenvalue weighted by Gasteiger charge is -2.48. The molecular weight excluding hydrogens is 978 g/mol. The van der Waals surface area contributed by atoms with Crippen LogP contribution in [0, 0.1) is 17.8 Å². The number of cyclic esters (lactones) is 1. The van der Waals surface area contributed by atoms with Gasteiger partial charge in [0.05, 0.1) is 52.3 Å². The molecule has 0 radical (unpaired) electrons. The fraction of sp³-hybridized carbons (Fsp3) is 0.833. The maximum absolute atomic E-state index is 15.0. The highest BCUT2D eigenvalue weighted by Crippen LogP contribution is 2.41. The van der Waals surface area contributed by atoms with Crippen LogP contribution in [0.4, 0.5) is 4.39 Å². The minimum atomic E-state index is -1.82. The number of ether oxygens (including phenoxy) is 7. The van der Waals surface area contributed by atoms with E-state index in [0.717, 1.165) is 11.3 Å². The van der Waals surface area contributed by atoms with E-state index < -0.39 is 119 Å². The second-order valence-corrected chi connectivity index (χ2v) is 24.2. The number of hydrogen-bond donors (Lipinski definition) is 4. The number of aliphatic hydroxyl groups is 4. The average Bonchev–Trinajstić information content (AvgIpc) is 3.73. The van der Waals surface area contributed by atoms with E-state index in [2.05, 4.69) is 4.90 Å². The molecule has 0 spiro atoms. The Morgan fingerprint density at radius 2 is 1.61 bits per heavy atom. The third-order valence-electron chi connectivity index (χ3n) is 16.5. The van der Waals surface area contributed by atoms with Gasteiger partial charge in [0, 0.05) is 68.8 Å². The van der Waals surface area contributed by atoms with Gasteiger partial charge in [-0.05, 0) is 125 Å². The summed E-state index contributed by atoms with van der Waals surface area (Å²) in [5.41, 5.74) is 1.90. The highest BCUT2D eigenvalue weighted by molar-refractivity contribution is 7.85. The van der Waals surface area contributed by atoms with E-state index in [0.29, 0.717) is 43.0 Å². The van der Waals surface area contributed by atoms with Crippen LogP contribution in [0.2, 0.25) is 0 Å². The van der Waals surface area contributed by atoms with E-state index in [9.17, 15) is 33.8 Å². The molecule has 20 heteroatoms. The molecule has 3 saturated heterocycles. The monoisotopic (exact) mass is 1070 g/mol. The lowest BCUT2D eigenvalue weighted by Crippen LogP contribution is -2.59. The SMILES string of the molecule is CC[C@H]1OC(=O)[C@H](C)[C@@H](O[C@H]2C[C@@](C)(OC)[C@@H](O)[C@H](C)O2)[C@H](C)[C@@H](O[C@H]2C[C@@H](N(C)CCC3=CN([C@H](CF)[C@H](OC)c4ccc(S(=O)CC)cc4)N(C)[N-]3)C[C@@H](C)O2)[C@](C)(O)C[C@@H](C)CN(C)[C@H](C)[C@@H](O)[C@]1(C)O. The Morgan fingerprint density at radius 3 is 2.20 bits per heavy atom. The number of aliphatic hydroxyl groups excluding tert-OH is 2. The molecule has 0 aromatic heterocycles. The highest BCUT2D eigenvalue weighted by atomic mass is 32.2. The third-order valence-corrected chi connectivity index (χ3v) is 17.8. The fourth-order valence-electron chi connectivity index (χ4n) is 11.8. The zero-order chi connectivity index (χ0) is 55.2. The van der Waals surface area contributed by atoms with Crippen molar-refractivity contribution in [3.63, 3.8) is 0 Å². The van der Waals surface area contributed by atoms with Gasteiger partial charge in [-0.15, -0.1) is 5.70 Å². The summed E-state index contributed by atoms with van der Waals surface area (Å²) in [6, 6.07) is 6.00. The van der Waals surface area contributed by atoms with Crippen LogP contribution >= 0.6 is 0 Å². The predicted octanol–water partition coefficient (Wildman–Crippen LogP) is 5.84. The molecule has 4 aliphatic heterocycles.